The summed E-state index contributed by atoms with van der Waals surface area (Å²) in [6.07, 6.45) is 1.74. The largest absolute Gasteiger partial charge is 0.494 e. The molecule has 0 bridgehead atoms. The van der Waals surface area contributed by atoms with Gasteiger partial charge in [-0.2, -0.15) is 0 Å². The summed E-state index contributed by atoms with van der Waals surface area (Å²) >= 11 is 0. The third-order valence-corrected chi connectivity index (χ3v) is 2.41. The van der Waals surface area contributed by atoms with Crippen molar-refractivity contribution < 1.29 is 9.15 Å². The van der Waals surface area contributed by atoms with Crippen LogP contribution >= 0.6 is 0 Å². The van der Waals surface area contributed by atoms with E-state index >= 15 is 0 Å². The average molecular weight is 233 g/mol. The predicted octanol–water partition coefficient (Wildman–Crippen LogP) is 2.28. The molecule has 0 saturated heterocycles. The van der Waals surface area contributed by atoms with E-state index in [1.54, 1.807) is 13.2 Å². The molecule has 0 saturated carbocycles. The van der Waals surface area contributed by atoms with Gasteiger partial charge in [0.05, 0.1) is 18.4 Å². The van der Waals surface area contributed by atoms with Gasteiger partial charge in [-0.1, -0.05) is 13.0 Å². The molecule has 1 aromatic carbocycles. The summed E-state index contributed by atoms with van der Waals surface area (Å²) < 4.78 is 10.8. The first kappa shape index (κ1) is 11.4. The van der Waals surface area contributed by atoms with Gasteiger partial charge in [0.15, 0.2) is 5.75 Å². The fraction of sp³-hybridized carbons (Fsp3) is 0.333. The molecule has 90 valence electrons. The maximum absolute atomic E-state index is 5.82. The number of rotatable bonds is 4. The van der Waals surface area contributed by atoms with E-state index in [0.29, 0.717) is 23.2 Å². The number of methoxy groups -OCH3 is 1. The van der Waals surface area contributed by atoms with Crippen LogP contribution in [0.5, 0.6) is 5.75 Å². The standard InChI is InChI=1S/C12H15N3O2/c1-3-5-10-14-15-12(17-10)8-6-4-7-9(13)11(8)16-2/h4,6-7H,3,5,13H2,1-2H3. The number of anilines is 1. The number of benzene rings is 1. The van der Waals surface area contributed by atoms with E-state index in [9.17, 15) is 0 Å². The number of para-hydroxylation sites is 1. The van der Waals surface area contributed by atoms with Crippen molar-refractivity contribution in [2.75, 3.05) is 12.8 Å². The van der Waals surface area contributed by atoms with Crippen molar-refractivity contribution in [1.82, 2.24) is 10.2 Å². The quantitative estimate of drug-likeness (QED) is 0.820. The van der Waals surface area contributed by atoms with Crippen molar-refractivity contribution in [1.29, 1.82) is 0 Å². The minimum absolute atomic E-state index is 0.442. The Morgan fingerprint density at radius 3 is 2.88 bits per heavy atom. The number of hydrogen-bond donors (Lipinski definition) is 1. The molecule has 2 aromatic rings. The number of nitrogen functional groups attached to an aromatic ring is 1. The summed E-state index contributed by atoms with van der Waals surface area (Å²) in [5.41, 5.74) is 7.10. The first-order valence-corrected chi connectivity index (χ1v) is 5.51. The van der Waals surface area contributed by atoms with E-state index in [1.807, 2.05) is 12.1 Å². The molecule has 5 nitrogen and oxygen atoms in total. The maximum atomic E-state index is 5.82. The lowest BCUT2D eigenvalue weighted by Gasteiger charge is -2.07. The van der Waals surface area contributed by atoms with E-state index in [2.05, 4.69) is 17.1 Å². The molecule has 0 radical (unpaired) electrons. The molecule has 0 aliphatic carbocycles. The Hall–Kier alpha value is -2.04. The fourth-order valence-corrected chi connectivity index (χ4v) is 1.63. The van der Waals surface area contributed by atoms with Gasteiger partial charge in [-0.25, -0.2) is 0 Å². The summed E-state index contributed by atoms with van der Waals surface area (Å²) in [6, 6.07) is 5.45. The summed E-state index contributed by atoms with van der Waals surface area (Å²) in [5.74, 6) is 1.64. The fourth-order valence-electron chi connectivity index (χ4n) is 1.63. The molecule has 0 unspecified atom stereocenters. The monoisotopic (exact) mass is 233 g/mol. The summed E-state index contributed by atoms with van der Waals surface area (Å²) in [6.45, 7) is 2.06. The molecular formula is C12H15N3O2. The van der Waals surface area contributed by atoms with Gasteiger partial charge >= 0.3 is 0 Å². The van der Waals surface area contributed by atoms with Crippen LogP contribution in [-0.2, 0) is 6.42 Å². The van der Waals surface area contributed by atoms with Crippen LogP contribution in [0.15, 0.2) is 22.6 Å². The molecular weight excluding hydrogens is 218 g/mol. The van der Waals surface area contributed by atoms with E-state index in [-0.39, 0.29) is 0 Å². The number of aryl methyl sites for hydroxylation is 1. The second kappa shape index (κ2) is 4.86. The highest BCUT2D eigenvalue weighted by Crippen LogP contribution is 2.33. The number of aromatic nitrogens is 2. The topological polar surface area (TPSA) is 74.2 Å². The minimum atomic E-state index is 0.442. The Balaban J connectivity index is 2.41. The summed E-state index contributed by atoms with van der Waals surface area (Å²) in [7, 11) is 1.57. The van der Waals surface area contributed by atoms with Crippen molar-refractivity contribution in [2.45, 2.75) is 19.8 Å². The third kappa shape index (κ3) is 2.22. The second-order valence-corrected chi connectivity index (χ2v) is 3.68. The molecule has 2 N–H and O–H groups in total. The Morgan fingerprint density at radius 1 is 1.35 bits per heavy atom. The van der Waals surface area contributed by atoms with Crippen molar-refractivity contribution in [2.24, 2.45) is 0 Å². The van der Waals surface area contributed by atoms with E-state index in [4.69, 9.17) is 14.9 Å². The average Bonchev–Trinajstić information content (AvgIpc) is 2.78. The molecule has 0 aliphatic rings. The normalized spacial score (nSPS) is 10.5. The number of nitrogens with two attached hydrogens (primary N) is 1. The number of nitrogens with zero attached hydrogens (tertiary/aromatic N) is 2. The second-order valence-electron chi connectivity index (χ2n) is 3.68. The Bertz CT molecular complexity index is 508. The molecule has 0 amide bonds. The Morgan fingerprint density at radius 2 is 2.18 bits per heavy atom. The number of hydrogen-bond acceptors (Lipinski definition) is 5. The van der Waals surface area contributed by atoms with Crippen LogP contribution in [0.1, 0.15) is 19.2 Å². The van der Waals surface area contributed by atoms with Gasteiger partial charge in [0.2, 0.25) is 5.89 Å². The zero-order chi connectivity index (χ0) is 12.3. The third-order valence-electron chi connectivity index (χ3n) is 2.41. The summed E-state index contributed by atoms with van der Waals surface area (Å²) in [4.78, 5) is 0. The molecule has 0 fully saturated rings. The van der Waals surface area contributed by atoms with Gasteiger partial charge in [0.25, 0.3) is 5.89 Å². The first-order chi connectivity index (χ1) is 8.26. The molecule has 17 heavy (non-hydrogen) atoms. The van der Waals surface area contributed by atoms with Crippen LogP contribution in [0.25, 0.3) is 11.5 Å². The van der Waals surface area contributed by atoms with E-state index in [0.717, 1.165) is 18.4 Å². The molecule has 2 rings (SSSR count). The molecule has 1 aromatic heterocycles. The van der Waals surface area contributed by atoms with Crippen LogP contribution in [0.2, 0.25) is 0 Å². The minimum Gasteiger partial charge on any atom is -0.494 e. The maximum Gasteiger partial charge on any atom is 0.251 e. The smallest absolute Gasteiger partial charge is 0.251 e. The van der Waals surface area contributed by atoms with Gasteiger partial charge in [0, 0.05) is 6.42 Å². The zero-order valence-electron chi connectivity index (χ0n) is 9.93. The van der Waals surface area contributed by atoms with Crippen LogP contribution < -0.4 is 10.5 Å². The van der Waals surface area contributed by atoms with Crippen LogP contribution in [0.4, 0.5) is 5.69 Å². The highest BCUT2D eigenvalue weighted by Gasteiger charge is 2.14. The van der Waals surface area contributed by atoms with Gasteiger partial charge < -0.3 is 14.9 Å². The highest BCUT2D eigenvalue weighted by atomic mass is 16.5. The van der Waals surface area contributed by atoms with Crippen LogP contribution in [0.3, 0.4) is 0 Å². The summed E-state index contributed by atoms with van der Waals surface area (Å²) in [5, 5.41) is 7.98. The van der Waals surface area contributed by atoms with Gasteiger partial charge in [-0.05, 0) is 18.6 Å². The van der Waals surface area contributed by atoms with Gasteiger partial charge in [0.1, 0.15) is 0 Å². The van der Waals surface area contributed by atoms with Crippen molar-refractivity contribution in [3.8, 4) is 17.2 Å². The van der Waals surface area contributed by atoms with E-state index < -0.39 is 0 Å². The molecule has 0 aliphatic heterocycles. The highest BCUT2D eigenvalue weighted by molar-refractivity contribution is 5.72. The van der Waals surface area contributed by atoms with Crippen LogP contribution in [0, 0.1) is 0 Å². The lowest BCUT2D eigenvalue weighted by molar-refractivity contribution is 0.415. The SMILES string of the molecule is CCCc1nnc(-c2cccc(N)c2OC)o1. The predicted molar refractivity (Wildman–Crippen MR) is 64.7 cm³/mol. The van der Waals surface area contributed by atoms with Crippen molar-refractivity contribution in [3.63, 3.8) is 0 Å². The molecule has 0 atom stereocenters. The Labute approximate surface area is 99.6 Å². The first-order valence-electron chi connectivity index (χ1n) is 5.51. The van der Waals surface area contributed by atoms with Crippen molar-refractivity contribution >= 4 is 5.69 Å². The zero-order valence-corrected chi connectivity index (χ0v) is 9.93. The lowest BCUT2D eigenvalue weighted by Crippen LogP contribution is -1.94. The number of ether oxygens (including phenoxy) is 1. The molecule has 5 heteroatoms. The molecule has 1 heterocycles. The van der Waals surface area contributed by atoms with Gasteiger partial charge in [-0.15, -0.1) is 10.2 Å². The van der Waals surface area contributed by atoms with Gasteiger partial charge in [-0.3, -0.25) is 0 Å². The van der Waals surface area contributed by atoms with Crippen LogP contribution in [-0.4, -0.2) is 17.3 Å². The Kier molecular flexibility index (Phi) is 3.27. The molecule has 0 spiro atoms. The lowest BCUT2D eigenvalue weighted by atomic mass is 10.1. The van der Waals surface area contributed by atoms with Crippen molar-refractivity contribution in [3.05, 3.63) is 24.1 Å². The van der Waals surface area contributed by atoms with E-state index in [1.165, 1.54) is 0 Å².